The molecule has 1 N–H and O–H groups in total. The van der Waals surface area contributed by atoms with E-state index in [-0.39, 0.29) is 23.7 Å². The van der Waals surface area contributed by atoms with Crippen LogP contribution in [0, 0.1) is 0 Å². The van der Waals surface area contributed by atoms with Crippen molar-refractivity contribution in [2.45, 2.75) is 92.4 Å². The molecule has 0 bridgehead atoms. The summed E-state index contributed by atoms with van der Waals surface area (Å²) in [5.74, 6) is 0. The quantitative estimate of drug-likeness (QED) is 0.168. The van der Waals surface area contributed by atoms with Crippen molar-refractivity contribution in [1.29, 1.82) is 0 Å². The van der Waals surface area contributed by atoms with Crippen LogP contribution in [0.5, 0.6) is 0 Å². The van der Waals surface area contributed by atoms with Gasteiger partial charge in [-0.15, -0.1) is 0 Å². The highest BCUT2D eigenvalue weighted by atomic mass is 28.4. The van der Waals surface area contributed by atoms with Crippen LogP contribution in [0.1, 0.15) is 43.0 Å². The molecule has 0 aliphatic carbocycles. The number of anilines is 2. The normalized spacial score (nSPS) is 15.8. The molecule has 0 radical (unpaired) electrons. The van der Waals surface area contributed by atoms with E-state index in [1.54, 1.807) is 42.7 Å². The van der Waals surface area contributed by atoms with Crippen LogP contribution in [0.15, 0.2) is 60.7 Å². The number of rotatable bonds is 12. The second-order valence-electron chi connectivity index (χ2n) is 12.9. The first-order valence-electron chi connectivity index (χ1n) is 16.4. The highest BCUT2D eigenvalue weighted by Crippen LogP contribution is 2.32. The average molecular weight is 761 g/mol. The predicted molar refractivity (Wildman–Crippen MR) is 225 cm³/mol. The molecule has 9 nitrogen and oxygen atoms in total. The molecule has 2 aliphatic rings. The monoisotopic (exact) mass is 760 g/mol. The van der Waals surface area contributed by atoms with Crippen LogP contribution in [-0.2, 0) is 26.6 Å². The fraction of sp³-hybridized carbons (Fsp3) is 0.667. The zero-order valence-electron chi connectivity index (χ0n) is 32.0. The van der Waals surface area contributed by atoms with Crippen molar-refractivity contribution in [3.63, 3.8) is 0 Å². The summed E-state index contributed by atoms with van der Waals surface area (Å²) in [5.41, 5.74) is 2.64. The minimum atomic E-state index is -2.29. The van der Waals surface area contributed by atoms with Crippen LogP contribution in [-0.4, -0.2) is 103 Å². The van der Waals surface area contributed by atoms with Crippen LogP contribution < -0.4 is 14.4 Å². The van der Waals surface area contributed by atoms with Crippen LogP contribution in [0.2, 0.25) is 50.9 Å². The number of nitrogens with one attached hydrogen (secondary N) is 1. The van der Waals surface area contributed by atoms with Gasteiger partial charge in [0.15, 0.2) is 16.6 Å². The Morgan fingerprint density at radius 1 is 0.673 bits per heavy atom. The van der Waals surface area contributed by atoms with Gasteiger partial charge in [0.05, 0.1) is 0 Å². The molecule has 0 atom stereocenters. The number of nitrogens with zero attached hydrogens (tertiary/aromatic N) is 2. The summed E-state index contributed by atoms with van der Waals surface area (Å²) in [6.07, 6.45) is 3.55. The summed E-state index contributed by atoms with van der Waals surface area (Å²) in [6.45, 7) is 14.7. The maximum Gasteiger partial charge on any atom is 1.00 e. The van der Waals surface area contributed by atoms with Gasteiger partial charge in [0, 0.05) is 79.2 Å². The third-order valence-electron chi connectivity index (χ3n) is 8.42. The molecule has 0 saturated carbocycles. The van der Waals surface area contributed by atoms with Crippen molar-refractivity contribution < 1.29 is 28.0 Å². The Hall–Kier alpha value is -1.37. The van der Waals surface area contributed by atoms with Crippen molar-refractivity contribution in [1.82, 2.24) is 5.32 Å². The first kappa shape index (κ1) is 52.0. The SMILES string of the molecule is C.C.C.CNCCC[Si](OC)(OC)OC.CO[Si](C)(C)C.CO[Si]1(OC)CCCN1c1ccccc1.C[Si]1(C)CCCN1c1ccccc1.[H+]. The second kappa shape index (κ2) is 26.4. The van der Waals surface area contributed by atoms with E-state index in [0.717, 1.165) is 38.0 Å². The Labute approximate surface area is 309 Å². The van der Waals surface area contributed by atoms with Crippen molar-refractivity contribution in [3.05, 3.63) is 60.7 Å². The molecule has 2 aromatic rings. The number of para-hydroxylation sites is 2. The van der Waals surface area contributed by atoms with Gasteiger partial charge in [0.25, 0.3) is 0 Å². The van der Waals surface area contributed by atoms with E-state index in [2.05, 4.69) is 102 Å². The molecule has 2 aromatic carbocycles. The topological polar surface area (TPSA) is 73.9 Å². The summed E-state index contributed by atoms with van der Waals surface area (Å²) >= 11 is 0. The molecular weight excluding hydrogens is 683 g/mol. The Bertz CT molecular complexity index is 1040. The van der Waals surface area contributed by atoms with Crippen LogP contribution >= 0.6 is 0 Å². The Kier molecular flexibility index (Phi) is 28.0. The molecular formula is C36H78N3O6Si4+. The standard InChI is InChI=1S/C11H17NO2Si.C11H17NSi.C7H19NO3Si.C4H12OSi.3CH4/c1-13-15(14-2)10-6-9-12(15)11-7-4-3-5-8-11;1-13(2)10-6-9-12(13)11-7-4-3-5-8-11;1-8-6-5-7-12(9-2,10-3)11-4;1-5-6(2,3)4;;;/h3-5,7-8H,6,9-10H2,1-2H3;3-5,7-8H,6,9-10H2,1-2H3;8H,5-7H2,1-4H3;1-4H3;3*1H4/p+1. The molecule has 2 saturated heterocycles. The Morgan fingerprint density at radius 2 is 1.08 bits per heavy atom. The molecule has 49 heavy (non-hydrogen) atoms. The van der Waals surface area contributed by atoms with E-state index >= 15 is 0 Å². The van der Waals surface area contributed by atoms with Crippen molar-refractivity contribution in [2.24, 2.45) is 0 Å². The van der Waals surface area contributed by atoms with E-state index in [0.29, 0.717) is 0 Å². The van der Waals surface area contributed by atoms with Gasteiger partial charge >= 0.3 is 19.0 Å². The van der Waals surface area contributed by atoms with Crippen LogP contribution in [0.4, 0.5) is 11.4 Å². The lowest BCUT2D eigenvalue weighted by Gasteiger charge is -2.33. The minimum Gasteiger partial charge on any atom is -0.421 e. The molecule has 2 aliphatic heterocycles. The zero-order chi connectivity index (χ0) is 34.7. The lowest BCUT2D eigenvalue weighted by atomic mass is 10.3. The fourth-order valence-electron chi connectivity index (χ4n) is 5.44. The third-order valence-corrected chi connectivity index (χ3v) is 19.6. The van der Waals surface area contributed by atoms with E-state index in [1.165, 1.54) is 30.4 Å². The summed E-state index contributed by atoms with van der Waals surface area (Å²) in [4.78, 5) is 0. The van der Waals surface area contributed by atoms with Gasteiger partial charge in [0.1, 0.15) is 0 Å². The summed E-state index contributed by atoms with van der Waals surface area (Å²) in [5, 5.41) is 3.07. The zero-order valence-corrected chi connectivity index (χ0v) is 35.0. The summed E-state index contributed by atoms with van der Waals surface area (Å²) in [7, 11) is 5.51. The van der Waals surface area contributed by atoms with E-state index in [1.807, 2.05) is 13.1 Å². The molecule has 0 unspecified atom stereocenters. The van der Waals surface area contributed by atoms with Gasteiger partial charge in [-0.1, -0.05) is 71.8 Å². The summed E-state index contributed by atoms with van der Waals surface area (Å²) in [6, 6.07) is 24.6. The minimum absolute atomic E-state index is 0. The van der Waals surface area contributed by atoms with Gasteiger partial charge in [-0.2, -0.15) is 0 Å². The van der Waals surface area contributed by atoms with Gasteiger partial charge < -0.3 is 41.0 Å². The molecule has 288 valence electrons. The largest absolute Gasteiger partial charge is 1.00 e. The van der Waals surface area contributed by atoms with E-state index < -0.39 is 34.1 Å². The smallest absolute Gasteiger partial charge is 0.421 e. The highest BCUT2D eigenvalue weighted by Gasteiger charge is 2.47. The third kappa shape index (κ3) is 17.6. The second-order valence-corrected chi connectivity index (χ2v) is 28.6. The Balaban J connectivity index is -0.000000285. The van der Waals surface area contributed by atoms with Crippen molar-refractivity contribution in [2.75, 3.05) is 78.5 Å². The molecule has 0 aromatic heterocycles. The van der Waals surface area contributed by atoms with Gasteiger partial charge in [-0.25, -0.2) is 0 Å². The molecule has 4 rings (SSSR count). The fourth-order valence-corrected chi connectivity index (χ4v) is 13.0. The number of hydrogen-bond acceptors (Lipinski definition) is 9. The molecule has 2 fully saturated rings. The van der Waals surface area contributed by atoms with Crippen LogP contribution in [0.3, 0.4) is 0 Å². The first-order valence-corrected chi connectivity index (χ1v) is 26.9. The highest BCUT2D eigenvalue weighted by molar-refractivity contribution is 6.81. The van der Waals surface area contributed by atoms with Crippen molar-refractivity contribution >= 4 is 45.5 Å². The summed E-state index contributed by atoms with van der Waals surface area (Å²) < 4.78 is 37.1. The first-order chi connectivity index (χ1) is 21.8. The number of hydrogen-bond donors (Lipinski definition) is 1. The van der Waals surface area contributed by atoms with Crippen molar-refractivity contribution in [3.8, 4) is 0 Å². The predicted octanol–water partition coefficient (Wildman–Crippen LogP) is 9.19. The lowest BCUT2D eigenvalue weighted by Crippen LogP contribution is -2.53. The molecule has 0 spiro atoms. The molecule has 0 amide bonds. The molecule has 2 heterocycles. The average Bonchev–Trinajstić information content (AvgIpc) is 3.67. The Morgan fingerprint density at radius 3 is 1.43 bits per heavy atom. The van der Waals surface area contributed by atoms with E-state index in [9.17, 15) is 0 Å². The van der Waals surface area contributed by atoms with E-state index in [4.69, 9.17) is 26.6 Å². The molecule has 13 heteroatoms. The number of benzene rings is 2. The lowest BCUT2D eigenvalue weighted by molar-refractivity contribution is 0.123. The maximum absolute atomic E-state index is 5.66. The van der Waals surface area contributed by atoms with Gasteiger partial charge in [0.2, 0.25) is 0 Å². The maximum atomic E-state index is 5.66. The van der Waals surface area contributed by atoms with Gasteiger partial charge in [-0.3, -0.25) is 0 Å². The van der Waals surface area contributed by atoms with Crippen LogP contribution in [0.25, 0.3) is 0 Å². The van der Waals surface area contributed by atoms with Gasteiger partial charge in [-0.05, 0) is 82.8 Å².